The molecule has 36 heavy (non-hydrogen) atoms. The van der Waals surface area contributed by atoms with Crippen LogP contribution in [0.4, 0.5) is 10.2 Å². The highest BCUT2D eigenvalue weighted by atomic mass is 19.1. The fourth-order valence-corrected chi connectivity index (χ4v) is 5.41. The van der Waals surface area contributed by atoms with Crippen molar-refractivity contribution < 1.29 is 23.8 Å². The molecule has 1 amide bonds. The molecule has 2 heterocycles. The van der Waals surface area contributed by atoms with Gasteiger partial charge in [-0.05, 0) is 75.0 Å². The van der Waals surface area contributed by atoms with Gasteiger partial charge in [0.2, 0.25) is 5.91 Å². The van der Waals surface area contributed by atoms with E-state index in [9.17, 15) is 19.1 Å². The third-order valence-electron chi connectivity index (χ3n) is 7.89. The Morgan fingerprint density at radius 3 is 2.78 bits per heavy atom. The Kier molecular flexibility index (Phi) is 7.23. The molecule has 5 rings (SSSR count). The van der Waals surface area contributed by atoms with Crippen molar-refractivity contribution in [2.24, 2.45) is 5.92 Å². The maximum Gasteiger partial charge on any atom is 0.326 e. The molecular weight excluding hydrogens is 461 g/mol. The van der Waals surface area contributed by atoms with Crippen molar-refractivity contribution in [2.75, 3.05) is 18.5 Å². The van der Waals surface area contributed by atoms with E-state index >= 15 is 0 Å². The SMILES string of the molecule is O=C(O)C(CCO[C@H]1C[C@H](CCc2ccc3c(n2)NCCC3)C1)NC(=O)C1(c2ccccc2F)CC1. The number of ether oxygens (including phenoxy) is 1. The maximum atomic E-state index is 14.2. The van der Waals surface area contributed by atoms with Crippen molar-refractivity contribution in [3.63, 3.8) is 0 Å². The molecule has 2 saturated carbocycles. The molecule has 0 saturated heterocycles. The summed E-state index contributed by atoms with van der Waals surface area (Å²) >= 11 is 0. The molecule has 0 radical (unpaired) electrons. The van der Waals surface area contributed by atoms with Crippen LogP contribution in [0.25, 0.3) is 0 Å². The molecule has 1 aliphatic heterocycles. The maximum absolute atomic E-state index is 14.2. The minimum Gasteiger partial charge on any atom is -0.480 e. The lowest BCUT2D eigenvalue weighted by molar-refractivity contribution is -0.143. The van der Waals surface area contributed by atoms with E-state index in [4.69, 9.17) is 9.72 Å². The zero-order valence-electron chi connectivity index (χ0n) is 20.5. The summed E-state index contributed by atoms with van der Waals surface area (Å²) in [5.41, 5.74) is 1.81. The monoisotopic (exact) mass is 495 g/mol. The Bertz CT molecular complexity index is 1110. The Morgan fingerprint density at radius 2 is 2.03 bits per heavy atom. The third kappa shape index (κ3) is 5.38. The molecule has 2 aliphatic carbocycles. The van der Waals surface area contributed by atoms with Gasteiger partial charge in [-0.1, -0.05) is 24.3 Å². The van der Waals surface area contributed by atoms with Gasteiger partial charge in [0.25, 0.3) is 0 Å². The van der Waals surface area contributed by atoms with E-state index in [0.717, 1.165) is 56.6 Å². The summed E-state index contributed by atoms with van der Waals surface area (Å²) in [5, 5.41) is 15.6. The number of aromatic nitrogens is 1. The number of anilines is 1. The number of nitrogens with one attached hydrogen (secondary N) is 2. The number of carboxylic acid groups (broad SMARTS) is 1. The second-order valence-electron chi connectivity index (χ2n) is 10.4. The predicted octanol–water partition coefficient (Wildman–Crippen LogP) is 4.00. The number of aryl methyl sites for hydroxylation is 2. The van der Waals surface area contributed by atoms with Crippen LogP contribution < -0.4 is 10.6 Å². The fraction of sp³-hybridized carbons (Fsp3) is 0.536. The van der Waals surface area contributed by atoms with Crippen LogP contribution in [0.15, 0.2) is 36.4 Å². The largest absolute Gasteiger partial charge is 0.480 e. The van der Waals surface area contributed by atoms with Crippen molar-refractivity contribution in [3.8, 4) is 0 Å². The lowest BCUT2D eigenvalue weighted by atomic mass is 9.79. The van der Waals surface area contributed by atoms with Gasteiger partial charge in [0.15, 0.2) is 0 Å². The van der Waals surface area contributed by atoms with Gasteiger partial charge in [-0.25, -0.2) is 14.2 Å². The molecule has 1 unspecified atom stereocenters. The van der Waals surface area contributed by atoms with Crippen LogP contribution in [0, 0.1) is 11.7 Å². The van der Waals surface area contributed by atoms with Crippen molar-refractivity contribution in [2.45, 2.75) is 75.3 Å². The van der Waals surface area contributed by atoms with Crippen molar-refractivity contribution in [3.05, 3.63) is 59.0 Å². The molecule has 3 aliphatic rings. The molecule has 2 fully saturated rings. The summed E-state index contributed by atoms with van der Waals surface area (Å²) in [6, 6.07) is 9.48. The zero-order valence-corrected chi connectivity index (χ0v) is 20.5. The topological polar surface area (TPSA) is 101 Å². The highest BCUT2D eigenvalue weighted by molar-refractivity contribution is 5.94. The molecule has 1 aromatic heterocycles. The van der Waals surface area contributed by atoms with E-state index in [1.807, 2.05) is 0 Å². The molecule has 0 bridgehead atoms. The highest BCUT2D eigenvalue weighted by Crippen LogP contribution is 2.49. The number of rotatable bonds is 11. The molecule has 7 nitrogen and oxygen atoms in total. The van der Waals surface area contributed by atoms with Crippen LogP contribution in [0.1, 0.15) is 61.8 Å². The summed E-state index contributed by atoms with van der Waals surface area (Å²) in [4.78, 5) is 29.4. The molecule has 3 N–H and O–H groups in total. The summed E-state index contributed by atoms with van der Waals surface area (Å²) in [5.74, 6) is -0.329. The van der Waals surface area contributed by atoms with Crippen molar-refractivity contribution in [1.82, 2.24) is 10.3 Å². The van der Waals surface area contributed by atoms with Crippen molar-refractivity contribution in [1.29, 1.82) is 0 Å². The van der Waals surface area contributed by atoms with Gasteiger partial charge in [-0.2, -0.15) is 0 Å². The summed E-state index contributed by atoms with van der Waals surface area (Å²) in [7, 11) is 0. The average Bonchev–Trinajstić information content (AvgIpc) is 3.66. The average molecular weight is 496 g/mol. The minimum atomic E-state index is -1.10. The van der Waals surface area contributed by atoms with Gasteiger partial charge in [-0.3, -0.25) is 4.79 Å². The highest BCUT2D eigenvalue weighted by Gasteiger charge is 2.53. The lowest BCUT2D eigenvalue weighted by Crippen LogP contribution is -2.46. The van der Waals surface area contributed by atoms with E-state index in [0.29, 0.717) is 24.3 Å². The molecule has 8 heteroatoms. The lowest BCUT2D eigenvalue weighted by Gasteiger charge is -2.35. The quantitative estimate of drug-likeness (QED) is 0.436. The van der Waals surface area contributed by atoms with Gasteiger partial charge < -0.3 is 20.5 Å². The Morgan fingerprint density at radius 1 is 1.22 bits per heavy atom. The van der Waals surface area contributed by atoms with Gasteiger partial charge in [0, 0.05) is 30.8 Å². The van der Waals surface area contributed by atoms with Crippen LogP contribution in [0.5, 0.6) is 0 Å². The molecule has 1 aromatic carbocycles. The first-order chi connectivity index (χ1) is 17.4. The second-order valence-corrected chi connectivity index (χ2v) is 10.4. The van der Waals surface area contributed by atoms with Gasteiger partial charge in [0.05, 0.1) is 11.5 Å². The Balaban J connectivity index is 1.03. The van der Waals surface area contributed by atoms with Crippen LogP contribution in [0.3, 0.4) is 0 Å². The van der Waals surface area contributed by atoms with Crippen LogP contribution >= 0.6 is 0 Å². The van der Waals surface area contributed by atoms with Gasteiger partial charge in [-0.15, -0.1) is 0 Å². The minimum absolute atomic E-state index is 0.131. The van der Waals surface area contributed by atoms with Gasteiger partial charge in [0.1, 0.15) is 17.7 Å². The number of benzene rings is 1. The molecule has 0 spiro atoms. The molecule has 192 valence electrons. The first-order valence-electron chi connectivity index (χ1n) is 13.1. The summed E-state index contributed by atoms with van der Waals surface area (Å²) < 4.78 is 20.1. The van der Waals surface area contributed by atoms with E-state index in [-0.39, 0.29) is 19.1 Å². The van der Waals surface area contributed by atoms with Crippen LogP contribution in [-0.4, -0.2) is 47.3 Å². The number of carbonyl (C=O) groups is 2. The first-order valence-corrected chi connectivity index (χ1v) is 13.1. The van der Waals surface area contributed by atoms with Crippen molar-refractivity contribution >= 4 is 17.7 Å². The van der Waals surface area contributed by atoms with Crippen LogP contribution in [0.2, 0.25) is 0 Å². The second kappa shape index (κ2) is 10.5. The number of nitrogens with zero attached hydrogens (tertiary/aromatic N) is 1. The summed E-state index contributed by atoms with van der Waals surface area (Å²) in [6.45, 7) is 1.25. The standard InChI is InChI=1S/C28H34FN3O4/c29-23-6-2-1-5-22(23)28(12-13-28)27(35)32-24(26(33)34)11-15-36-21-16-18(17-21)7-9-20-10-8-19-4-3-14-30-25(19)31-20/h1-2,5-6,8,10,18,21,24H,3-4,7,9,11-17H2,(H,30,31)(H,32,35)(H,33,34)/t18-,21-,24?. The number of carboxylic acids is 1. The number of hydrogen-bond donors (Lipinski definition) is 3. The van der Waals surface area contributed by atoms with Gasteiger partial charge >= 0.3 is 5.97 Å². The zero-order chi connectivity index (χ0) is 25.1. The molecule has 2 aromatic rings. The Labute approximate surface area is 210 Å². The number of aliphatic carboxylic acids is 1. The smallest absolute Gasteiger partial charge is 0.326 e. The molecule has 1 atom stereocenters. The van der Waals surface area contributed by atoms with E-state index in [1.165, 1.54) is 11.6 Å². The number of fused-ring (bicyclic) bond motifs is 1. The Hall–Kier alpha value is -3.00. The van der Waals surface area contributed by atoms with E-state index in [1.54, 1.807) is 18.2 Å². The first kappa shape index (κ1) is 24.7. The number of hydrogen-bond acceptors (Lipinski definition) is 5. The summed E-state index contributed by atoms with van der Waals surface area (Å²) in [6.07, 6.45) is 7.54. The molecular formula is C28H34FN3O4. The normalized spacial score (nSPS) is 22.5. The third-order valence-corrected chi connectivity index (χ3v) is 7.89. The number of amides is 1. The number of pyridine rings is 1. The van der Waals surface area contributed by atoms with E-state index in [2.05, 4.69) is 22.8 Å². The van der Waals surface area contributed by atoms with E-state index < -0.39 is 29.2 Å². The number of carbonyl (C=O) groups excluding carboxylic acids is 1. The predicted molar refractivity (Wildman–Crippen MR) is 133 cm³/mol. The number of halogens is 1. The van der Waals surface area contributed by atoms with Crippen LogP contribution in [-0.2, 0) is 32.6 Å². The fourth-order valence-electron chi connectivity index (χ4n) is 5.41.